The van der Waals surface area contributed by atoms with Gasteiger partial charge >= 0.3 is 27.6 Å². The number of phosphoric ester groups is 2. The number of carbonyl (C=O) groups excluding carboxylic acids is 2. The summed E-state index contributed by atoms with van der Waals surface area (Å²) in [6, 6.07) is 0. The van der Waals surface area contributed by atoms with E-state index in [9.17, 15) is 33.8 Å². The lowest BCUT2D eigenvalue weighted by molar-refractivity contribution is -0.161. The summed E-state index contributed by atoms with van der Waals surface area (Å²) in [5.41, 5.74) is 0. The third-order valence-electron chi connectivity index (χ3n) is 8.80. The smallest absolute Gasteiger partial charge is 0.462 e. The highest BCUT2D eigenvalue weighted by molar-refractivity contribution is 7.47. The van der Waals surface area contributed by atoms with Gasteiger partial charge in [0.05, 0.1) is 25.9 Å². The Morgan fingerprint density at radius 3 is 1.41 bits per heavy atom. The molecule has 0 aromatic rings. The van der Waals surface area contributed by atoms with E-state index < -0.39 is 66.2 Å². The van der Waals surface area contributed by atoms with Crippen LogP contribution in [0.2, 0.25) is 0 Å². The molecule has 16 heteroatoms. The molecule has 0 heterocycles. The second kappa shape index (κ2) is 42.4. The molecule has 0 amide bonds. The second-order valence-corrected chi connectivity index (χ2v) is 17.4. The number of hydrogen-bond acceptors (Lipinski definition) is 11. The second-order valence-electron chi connectivity index (χ2n) is 14.8. The summed E-state index contributed by atoms with van der Waals surface area (Å²) >= 11 is 0. The van der Waals surface area contributed by atoms with Crippen molar-refractivity contribution in [3.8, 4) is 0 Å². The average Bonchev–Trinajstić information content (AvgIpc) is 3.26. The van der Waals surface area contributed by atoms with Crippen LogP contribution < -0.4 is 0 Å². The van der Waals surface area contributed by atoms with Crippen LogP contribution in [0.15, 0.2) is 109 Å². The van der Waals surface area contributed by atoms with Crippen LogP contribution in [0, 0.1) is 0 Å². The summed E-state index contributed by atoms with van der Waals surface area (Å²) in [6.45, 7) is 1.28. The zero-order valence-electron chi connectivity index (χ0n) is 38.2. The van der Waals surface area contributed by atoms with Crippen molar-refractivity contribution >= 4 is 27.6 Å². The van der Waals surface area contributed by atoms with Gasteiger partial charge in [0.15, 0.2) is 6.10 Å². The number of carbonyl (C=O) groups is 2. The highest BCUT2D eigenvalue weighted by Gasteiger charge is 2.28. The fourth-order valence-electron chi connectivity index (χ4n) is 5.18. The fraction of sp³-hybridized carbons (Fsp3) is 0.583. The maximum absolute atomic E-state index is 12.6. The van der Waals surface area contributed by atoms with Gasteiger partial charge in [-0.25, -0.2) is 9.13 Å². The first kappa shape index (κ1) is 60.7. The Morgan fingerprint density at radius 2 is 0.922 bits per heavy atom. The molecule has 0 saturated carbocycles. The predicted molar refractivity (Wildman–Crippen MR) is 254 cm³/mol. The SMILES string of the molecule is CCCCC/C=C\C/C=C\C/C=C\C/C=C\C/C=C\CCC(=O)O[C@H](COC(=O)CCC/C=C\C/C=C\C/C=C\C/C=C\CC[C@@H](O)CC)COP(=O)(O)OC[C@@H](O)COP(=O)(O)O. The minimum atomic E-state index is -4.89. The number of aliphatic hydroxyl groups excluding tert-OH is 2. The number of rotatable bonds is 41. The molecule has 1 unspecified atom stereocenters. The first-order chi connectivity index (χ1) is 30.8. The number of ether oxygens (including phenoxy) is 2. The molecular weight excluding hydrogens is 862 g/mol. The molecule has 0 rings (SSSR count). The molecule has 64 heavy (non-hydrogen) atoms. The maximum atomic E-state index is 12.6. The highest BCUT2D eigenvalue weighted by atomic mass is 31.2. The molecule has 0 fully saturated rings. The number of unbranched alkanes of at least 4 members (excludes halogenated alkanes) is 4. The summed E-state index contributed by atoms with van der Waals surface area (Å²) in [7, 11) is -9.74. The first-order valence-corrected chi connectivity index (χ1v) is 25.7. The number of phosphoric acid groups is 2. The Labute approximate surface area is 383 Å². The van der Waals surface area contributed by atoms with Gasteiger partial charge < -0.3 is 34.4 Å². The molecule has 0 radical (unpaired) electrons. The van der Waals surface area contributed by atoms with Crippen LogP contribution in [0.4, 0.5) is 0 Å². The molecule has 0 spiro atoms. The Hall–Kier alpha value is -3.26. The molecular formula is C48H78O14P2. The lowest BCUT2D eigenvalue weighted by Crippen LogP contribution is -2.29. The summed E-state index contributed by atoms with van der Waals surface area (Å²) < 4.78 is 47.6. The number of aliphatic hydroxyl groups is 2. The largest absolute Gasteiger partial charge is 0.472 e. The Bertz CT molecular complexity index is 1560. The average molecular weight is 941 g/mol. The molecule has 0 aliphatic carbocycles. The van der Waals surface area contributed by atoms with E-state index in [0.717, 1.165) is 64.2 Å². The van der Waals surface area contributed by atoms with Gasteiger partial charge in [-0.15, -0.1) is 0 Å². The summed E-state index contributed by atoms with van der Waals surface area (Å²) in [4.78, 5) is 52.7. The Kier molecular flexibility index (Phi) is 40.2. The van der Waals surface area contributed by atoms with E-state index in [2.05, 4.69) is 95.0 Å². The molecule has 0 aliphatic rings. The van der Waals surface area contributed by atoms with Gasteiger partial charge in [0.2, 0.25) is 0 Å². The van der Waals surface area contributed by atoms with Crippen LogP contribution in [0.5, 0.6) is 0 Å². The van der Waals surface area contributed by atoms with Crippen molar-refractivity contribution in [2.24, 2.45) is 0 Å². The van der Waals surface area contributed by atoms with Gasteiger partial charge in [0.1, 0.15) is 12.7 Å². The minimum absolute atomic E-state index is 0.0171. The van der Waals surface area contributed by atoms with Gasteiger partial charge in [-0.1, -0.05) is 136 Å². The van der Waals surface area contributed by atoms with Crippen LogP contribution in [0.25, 0.3) is 0 Å². The van der Waals surface area contributed by atoms with Crippen LogP contribution in [-0.2, 0) is 41.8 Å². The Balaban J connectivity index is 4.74. The quantitative estimate of drug-likeness (QED) is 0.0167. The number of allylic oxidation sites excluding steroid dienone is 18. The van der Waals surface area contributed by atoms with Crippen molar-refractivity contribution in [3.63, 3.8) is 0 Å². The zero-order chi connectivity index (χ0) is 47.4. The van der Waals surface area contributed by atoms with Gasteiger partial charge in [-0.2, -0.15) is 0 Å². The van der Waals surface area contributed by atoms with E-state index in [4.69, 9.17) is 23.8 Å². The Morgan fingerprint density at radius 1 is 0.484 bits per heavy atom. The maximum Gasteiger partial charge on any atom is 0.472 e. The molecule has 364 valence electrons. The van der Waals surface area contributed by atoms with E-state index in [1.807, 2.05) is 37.3 Å². The van der Waals surface area contributed by atoms with E-state index in [0.29, 0.717) is 25.7 Å². The molecule has 0 aromatic heterocycles. The molecule has 5 N–H and O–H groups in total. The van der Waals surface area contributed by atoms with E-state index in [-0.39, 0.29) is 18.9 Å². The number of esters is 2. The van der Waals surface area contributed by atoms with Crippen molar-refractivity contribution in [3.05, 3.63) is 109 Å². The summed E-state index contributed by atoms with van der Waals surface area (Å²) in [6.07, 6.45) is 49.0. The third-order valence-corrected chi connectivity index (χ3v) is 10.2. The van der Waals surface area contributed by atoms with Crippen molar-refractivity contribution in [1.29, 1.82) is 0 Å². The number of hydrogen-bond donors (Lipinski definition) is 5. The summed E-state index contributed by atoms with van der Waals surface area (Å²) in [5.74, 6) is -1.22. The van der Waals surface area contributed by atoms with Crippen molar-refractivity contribution in [1.82, 2.24) is 0 Å². The van der Waals surface area contributed by atoms with E-state index >= 15 is 0 Å². The summed E-state index contributed by atoms with van der Waals surface area (Å²) in [5, 5.41) is 19.3. The normalized spacial score (nSPS) is 15.4. The van der Waals surface area contributed by atoms with Crippen LogP contribution >= 0.6 is 15.6 Å². The molecule has 14 nitrogen and oxygen atoms in total. The van der Waals surface area contributed by atoms with Gasteiger partial charge in [0, 0.05) is 12.8 Å². The van der Waals surface area contributed by atoms with E-state index in [1.54, 1.807) is 0 Å². The molecule has 0 aliphatic heterocycles. The zero-order valence-corrected chi connectivity index (χ0v) is 40.0. The predicted octanol–water partition coefficient (Wildman–Crippen LogP) is 10.9. The molecule has 4 atom stereocenters. The molecule has 0 bridgehead atoms. The third kappa shape index (κ3) is 45.3. The van der Waals surface area contributed by atoms with E-state index in [1.165, 1.54) is 19.3 Å². The van der Waals surface area contributed by atoms with Crippen LogP contribution in [0.1, 0.15) is 136 Å². The standard InChI is InChI=1S/C48H78O14P2/c1-3-5-6-7-8-9-10-11-12-13-14-15-16-21-24-27-30-33-36-39-48(52)62-46(43-61-64(56,57)60-41-45(50)40-59-63(53,54)55)42-58-47(51)38-35-32-29-26-23-20-18-17-19-22-25-28-31-34-37-44(49)4-2/h8-9,11-12,14-15,18-22,24,26,28-31,33,44-46,49-50H,3-7,10,13,16-17,23,25,27,32,34-43H2,1-2H3,(H,56,57)(H2,53,54,55)/b9-8-,12-11-,15-14-,20-18-,22-19-,24-21-,29-26-,31-28-,33-30-/t44-,45-,46+/m0/s1. The minimum Gasteiger partial charge on any atom is -0.462 e. The van der Waals surface area contributed by atoms with Gasteiger partial charge in [0.25, 0.3) is 0 Å². The monoisotopic (exact) mass is 940 g/mol. The van der Waals surface area contributed by atoms with Crippen molar-refractivity contribution < 1.29 is 66.7 Å². The highest BCUT2D eigenvalue weighted by Crippen LogP contribution is 2.43. The van der Waals surface area contributed by atoms with Crippen molar-refractivity contribution in [2.75, 3.05) is 26.4 Å². The van der Waals surface area contributed by atoms with Crippen LogP contribution in [-0.4, -0.2) is 81.6 Å². The molecule has 0 aromatic carbocycles. The van der Waals surface area contributed by atoms with Gasteiger partial charge in [-0.3, -0.25) is 23.2 Å². The van der Waals surface area contributed by atoms with Crippen molar-refractivity contribution in [2.45, 2.75) is 154 Å². The first-order valence-electron chi connectivity index (χ1n) is 22.7. The van der Waals surface area contributed by atoms with Crippen LogP contribution in [0.3, 0.4) is 0 Å². The van der Waals surface area contributed by atoms with Gasteiger partial charge in [-0.05, 0) is 96.3 Å². The lowest BCUT2D eigenvalue weighted by atomic mass is 10.1. The topological polar surface area (TPSA) is 216 Å². The molecule has 0 saturated heterocycles. The lowest BCUT2D eigenvalue weighted by Gasteiger charge is -2.20. The fourth-order valence-corrected chi connectivity index (χ4v) is 6.34.